The van der Waals surface area contributed by atoms with Gasteiger partial charge < -0.3 is 10.0 Å². The Balaban J connectivity index is 2.85. The molecule has 0 bridgehead atoms. The third-order valence-corrected chi connectivity index (χ3v) is 4.14. The van der Waals surface area contributed by atoms with Crippen molar-refractivity contribution in [2.24, 2.45) is 5.41 Å². The number of amides is 1. The van der Waals surface area contributed by atoms with Gasteiger partial charge in [-0.1, -0.05) is 26.2 Å². The Hall–Kier alpha value is -1.06. The van der Waals surface area contributed by atoms with Crippen molar-refractivity contribution in [1.29, 1.82) is 0 Å². The summed E-state index contributed by atoms with van der Waals surface area (Å²) in [6, 6.07) is 0. The van der Waals surface area contributed by atoms with Gasteiger partial charge in [0.1, 0.15) is 5.54 Å². The van der Waals surface area contributed by atoms with E-state index >= 15 is 0 Å². The largest absolute Gasteiger partial charge is 0.480 e. The van der Waals surface area contributed by atoms with Crippen molar-refractivity contribution in [3.05, 3.63) is 0 Å². The molecule has 0 aliphatic heterocycles. The zero-order chi connectivity index (χ0) is 13.3. The van der Waals surface area contributed by atoms with E-state index < -0.39 is 11.5 Å². The molecule has 1 saturated carbocycles. The lowest BCUT2D eigenvalue weighted by Crippen LogP contribution is -2.55. The monoisotopic (exact) mass is 241 g/mol. The number of carboxylic acids is 1. The number of rotatable bonds is 3. The molecule has 98 valence electrons. The summed E-state index contributed by atoms with van der Waals surface area (Å²) in [5.74, 6) is -1.00. The normalized spacial score (nSPS) is 19.8. The summed E-state index contributed by atoms with van der Waals surface area (Å²) in [5.41, 5.74) is -1.52. The molecule has 0 aromatic rings. The minimum absolute atomic E-state index is 0.0374. The lowest BCUT2D eigenvalue weighted by molar-refractivity contribution is -0.160. The average molecular weight is 241 g/mol. The molecule has 0 aromatic heterocycles. The third kappa shape index (κ3) is 2.61. The minimum atomic E-state index is -1.14. The van der Waals surface area contributed by atoms with E-state index in [0.717, 1.165) is 25.7 Å². The van der Waals surface area contributed by atoms with Crippen molar-refractivity contribution in [3.8, 4) is 0 Å². The van der Waals surface area contributed by atoms with Gasteiger partial charge in [0.25, 0.3) is 0 Å². The Morgan fingerprint density at radius 3 is 2.06 bits per heavy atom. The summed E-state index contributed by atoms with van der Waals surface area (Å²) in [7, 11) is 1.59. The highest BCUT2D eigenvalue weighted by Crippen LogP contribution is 2.38. The van der Waals surface area contributed by atoms with Crippen LogP contribution in [0.2, 0.25) is 0 Å². The topological polar surface area (TPSA) is 57.6 Å². The van der Waals surface area contributed by atoms with E-state index in [4.69, 9.17) is 5.11 Å². The minimum Gasteiger partial charge on any atom is -0.480 e. The van der Waals surface area contributed by atoms with Gasteiger partial charge in [0.2, 0.25) is 5.91 Å². The standard InChI is InChI=1S/C13H23NO3/c1-12(2,11(16)17)14(4)10(15)13(3)8-6-5-7-9-13/h5-9H2,1-4H3,(H,16,17). The highest BCUT2D eigenvalue weighted by molar-refractivity contribution is 5.89. The second-order valence-electron chi connectivity index (χ2n) is 5.85. The first-order chi connectivity index (χ1) is 7.72. The van der Waals surface area contributed by atoms with Gasteiger partial charge in [-0.15, -0.1) is 0 Å². The Morgan fingerprint density at radius 2 is 1.65 bits per heavy atom. The van der Waals surface area contributed by atoms with Crippen LogP contribution < -0.4 is 0 Å². The van der Waals surface area contributed by atoms with Crippen LogP contribution in [0, 0.1) is 5.41 Å². The zero-order valence-electron chi connectivity index (χ0n) is 11.2. The summed E-state index contributed by atoms with van der Waals surface area (Å²) in [6.07, 6.45) is 5.03. The van der Waals surface area contributed by atoms with Crippen LogP contribution in [0.3, 0.4) is 0 Å². The quantitative estimate of drug-likeness (QED) is 0.824. The zero-order valence-corrected chi connectivity index (χ0v) is 11.2. The Kier molecular flexibility index (Phi) is 3.84. The van der Waals surface area contributed by atoms with Crippen LogP contribution in [-0.4, -0.2) is 34.5 Å². The first-order valence-corrected chi connectivity index (χ1v) is 6.23. The van der Waals surface area contributed by atoms with Crippen LogP contribution in [0.15, 0.2) is 0 Å². The Bertz CT molecular complexity index is 317. The second kappa shape index (κ2) is 4.67. The molecule has 1 rings (SSSR count). The number of carboxylic acid groups (broad SMARTS) is 1. The first-order valence-electron chi connectivity index (χ1n) is 6.23. The van der Waals surface area contributed by atoms with Crippen LogP contribution in [-0.2, 0) is 9.59 Å². The first kappa shape index (κ1) is 14.0. The third-order valence-electron chi connectivity index (χ3n) is 4.14. The van der Waals surface area contributed by atoms with E-state index in [-0.39, 0.29) is 11.3 Å². The van der Waals surface area contributed by atoms with Gasteiger partial charge in [0, 0.05) is 12.5 Å². The van der Waals surface area contributed by atoms with Crippen LogP contribution in [0.25, 0.3) is 0 Å². The highest BCUT2D eigenvalue weighted by atomic mass is 16.4. The van der Waals surface area contributed by atoms with Crippen LogP contribution in [0.1, 0.15) is 52.9 Å². The van der Waals surface area contributed by atoms with E-state index in [0.29, 0.717) is 0 Å². The number of hydrogen-bond donors (Lipinski definition) is 1. The summed E-state index contributed by atoms with van der Waals surface area (Å²) < 4.78 is 0. The van der Waals surface area contributed by atoms with E-state index in [1.165, 1.54) is 11.3 Å². The van der Waals surface area contributed by atoms with Gasteiger partial charge in [-0.25, -0.2) is 4.79 Å². The SMILES string of the molecule is CN(C(=O)C1(C)CCCCC1)C(C)(C)C(=O)O. The van der Waals surface area contributed by atoms with Crippen molar-refractivity contribution in [1.82, 2.24) is 4.90 Å². The lowest BCUT2D eigenvalue weighted by Gasteiger charge is -2.40. The summed E-state index contributed by atoms with van der Waals surface area (Å²) >= 11 is 0. The number of carbonyl (C=O) groups excluding carboxylic acids is 1. The van der Waals surface area contributed by atoms with Gasteiger partial charge in [-0.3, -0.25) is 4.79 Å². The molecule has 17 heavy (non-hydrogen) atoms. The molecular weight excluding hydrogens is 218 g/mol. The predicted octanol–water partition coefficient (Wildman–Crippen LogP) is 2.28. The van der Waals surface area contributed by atoms with Crippen molar-refractivity contribution in [2.75, 3.05) is 7.05 Å². The highest BCUT2D eigenvalue weighted by Gasteiger charge is 2.43. The van der Waals surface area contributed by atoms with E-state index in [1.807, 2.05) is 6.92 Å². The van der Waals surface area contributed by atoms with Crippen molar-refractivity contribution < 1.29 is 14.7 Å². The molecule has 1 fully saturated rings. The van der Waals surface area contributed by atoms with E-state index in [1.54, 1.807) is 20.9 Å². The second-order valence-corrected chi connectivity index (χ2v) is 5.85. The average Bonchev–Trinajstić information content (AvgIpc) is 2.27. The molecule has 0 saturated heterocycles. The number of aliphatic carboxylic acids is 1. The summed E-state index contributed by atoms with van der Waals surface area (Å²) in [5, 5.41) is 9.15. The summed E-state index contributed by atoms with van der Waals surface area (Å²) in [4.78, 5) is 25.0. The van der Waals surface area contributed by atoms with Gasteiger partial charge in [0.05, 0.1) is 0 Å². The van der Waals surface area contributed by atoms with Gasteiger partial charge in [-0.2, -0.15) is 0 Å². The van der Waals surface area contributed by atoms with Crippen LogP contribution >= 0.6 is 0 Å². The molecular formula is C13H23NO3. The molecule has 0 aromatic carbocycles. The molecule has 4 nitrogen and oxygen atoms in total. The fourth-order valence-corrected chi connectivity index (χ4v) is 2.35. The molecule has 0 radical (unpaired) electrons. The lowest BCUT2D eigenvalue weighted by atomic mass is 9.74. The van der Waals surface area contributed by atoms with Crippen LogP contribution in [0.4, 0.5) is 0 Å². The van der Waals surface area contributed by atoms with Gasteiger partial charge >= 0.3 is 5.97 Å². The number of nitrogens with zero attached hydrogens (tertiary/aromatic N) is 1. The molecule has 1 amide bonds. The predicted molar refractivity (Wildman–Crippen MR) is 65.7 cm³/mol. The van der Waals surface area contributed by atoms with Crippen molar-refractivity contribution >= 4 is 11.9 Å². The van der Waals surface area contributed by atoms with Crippen molar-refractivity contribution in [2.45, 2.75) is 58.4 Å². The molecule has 4 heteroatoms. The molecule has 0 unspecified atom stereocenters. The maximum Gasteiger partial charge on any atom is 0.329 e. The maximum atomic E-state index is 12.4. The molecule has 0 heterocycles. The van der Waals surface area contributed by atoms with E-state index in [9.17, 15) is 9.59 Å². The number of likely N-dealkylation sites (N-methyl/N-ethyl adjacent to an activating group) is 1. The molecule has 1 aliphatic carbocycles. The van der Waals surface area contributed by atoms with Gasteiger partial charge in [0.15, 0.2) is 0 Å². The molecule has 0 spiro atoms. The Labute approximate surface area is 103 Å². The fraction of sp³-hybridized carbons (Fsp3) is 0.846. The maximum absolute atomic E-state index is 12.4. The number of hydrogen-bond acceptors (Lipinski definition) is 2. The summed E-state index contributed by atoms with van der Waals surface area (Å²) in [6.45, 7) is 5.10. The number of carbonyl (C=O) groups is 2. The molecule has 1 aliphatic rings. The van der Waals surface area contributed by atoms with Gasteiger partial charge in [-0.05, 0) is 26.7 Å². The Morgan fingerprint density at radius 1 is 1.18 bits per heavy atom. The molecule has 0 atom stereocenters. The fourth-order valence-electron chi connectivity index (χ4n) is 2.35. The smallest absolute Gasteiger partial charge is 0.329 e. The van der Waals surface area contributed by atoms with Crippen LogP contribution in [0.5, 0.6) is 0 Å². The van der Waals surface area contributed by atoms with Crippen molar-refractivity contribution in [3.63, 3.8) is 0 Å². The van der Waals surface area contributed by atoms with E-state index in [2.05, 4.69) is 0 Å². The molecule has 1 N–H and O–H groups in total.